The van der Waals surface area contributed by atoms with E-state index in [9.17, 15) is 13.2 Å². The van der Waals surface area contributed by atoms with Crippen molar-refractivity contribution in [1.82, 2.24) is 14.6 Å². The number of hydrogen-bond donors (Lipinski definition) is 1. The number of carbonyl (C=O) groups is 1. The Morgan fingerprint density at radius 2 is 1.67 bits per heavy atom. The van der Waals surface area contributed by atoms with Crippen molar-refractivity contribution < 1.29 is 13.2 Å². The average Bonchev–Trinajstić information content (AvgIpc) is 2.77. The summed E-state index contributed by atoms with van der Waals surface area (Å²) in [5.74, 6) is -0.385. The van der Waals surface area contributed by atoms with E-state index in [4.69, 9.17) is 11.6 Å². The highest BCUT2D eigenvalue weighted by atomic mass is 35.5. The van der Waals surface area contributed by atoms with Gasteiger partial charge in [0.25, 0.3) is 0 Å². The van der Waals surface area contributed by atoms with Crippen molar-refractivity contribution in [3.05, 3.63) is 95.3 Å². The minimum Gasteiger partial charge on any atom is -0.351 e. The number of nitrogens with zero attached hydrogens (tertiary/aromatic N) is 2. The fourth-order valence-corrected chi connectivity index (χ4v) is 4.38. The lowest BCUT2D eigenvalue weighted by Crippen LogP contribution is -2.41. The summed E-state index contributed by atoms with van der Waals surface area (Å²) in [6, 6.07) is 19.1. The molecule has 8 heteroatoms. The van der Waals surface area contributed by atoms with E-state index in [1.54, 1.807) is 18.5 Å². The van der Waals surface area contributed by atoms with Crippen molar-refractivity contribution in [2.45, 2.75) is 17.9 Å². The lowest BCUT2D eigenvalue weighted by atomic mass is 10.1. The number of aromatic nitrogens is 1. The summed E-state index contributed by atoms with van der Waals surface area (Å²) < 4.78 is 27.5. The van der Waals surface area contributed by atoms with E-state index in [0.717, 1.165) is 11.1 Å². The molecule has 30 heavy (non-hydrogen) atoms. The molecule has 3 rings (SSSR count). The van der Waals surface area contributed by atoms with Gasteiger partial charge in [-0.3, -0.25) is 9.78 Å². The molecule has 0 fully saturated rings. The summed E-state index contributed by atoms with van der Waals surface area (Å²) in [6.45, 7) is 0.174. The molecule has 0 radical (unpaired) electrons. The normalized spacial score (nSPS) is 11.4. The van der Waals surface area contributed by atoms with Crippen LogP contribution in [0.5, 0.6) is 0 Å². The number of hydrogen-bond acceptors (Lipinski definition) is 4. The molecule has 0 spiro atoms. The van der Waals surface area contributed by atoms with E-state index < -0.39 is 10.0 Å². The SMILES string of the molecule is O=C(CN(CCc1ccccc1)S(=O)(=O)c1ccc(Cl)cc1)NCc1cccnc1. The maximum atomic E-state index is 13.2. The summed E-state index contributed by atoms with van der Waals surface area (Å²) in [5, 5.41) is 3.20. The molecule has 1 amide bonds. The van der Waals surface area contributed by atoms with Crippen molar-refractivity contribution in [2.24, 2.45) is 0 Å². The van der Waals surface area contributed by atoms with E-state index in [0.29, 0.717) is 11.4 Å². The maximum absolute atomic E-state index is 13.2. The number of halogens is 1. The molecule has 0 aliphatic rings. The summed E-state index contributed by atoms with van der Waals surface area (Å²) in [5.41, 5.74) is 1.83. The molecule has 0 saturated heterocycles. The number of sulfonamides is 1. The van der Waals surface area contributed by atoms with Crippen LogP contribution in [0.25, 0.3) is 0 Å². The maximum Gasteiger partial charge on any atom is 0.243 e. The third-order valence-electron chi connectivity index (χ3n) is 4.48. The van der Waals surface area contributed by atoms with Gasteiger partial charge in [0.15, 0.2) is 0 Å². The van der Waals surface area contributed by atoms with Crippen molar-refractivity contribution in [1.29, 1.82) is 0 Å². The molecular formula is C22H22ClN3O3S. The number of pyridine rings is 1. The first-order chi connectivity index (χ1) is 14.4. The molecule has 0 aliphatic heterocycles. The van der Waals surface area contributed by atoms with Gasteiger partial charge < -0.3 is 5.32 Å². The Morgan fingerprint density at radius 3 is 2.33 bits per heavy atom. The first-order valence-corrected chi connectivity index (χ1v) is 11.2. The average molecular weight is 444 g/mol. The minimum atomic E-state index is -3.86. The van der Waals surface area contributed by atoms with E-state index in [1.165, 1.54) is 28.6 Å². The van der Waals surface area contributed by atoms with Gasteiger partial charge in [-0.25, -0.2) is 8.42 Å². The molecular weight excluding hydrogens is 422 g/mol. The highest BCUT2D eigenvalue weighted by Gasteiger charge is 2.26. The van der Waals surface area contributed by atoms with Gasteiger partial charge in [0.1, 0.15) is 0 Å². The molecule has 0 unspecified atom stereocenters. The molecule has 2 aromatic carbocycles. The van der Waals surface area contributed by atoms with Crippen LogP contribution >= 0.6 is 11.6 Å². The van der Waals surface area contributed by atoms with Gasteiger partial charge in [0, 0.05) is 30.5 Å². The number of carbonyl (C=O) groups excluding carboxylic acids is 1. The zero-order chi connectivity index (χ0) is 21.4. The van der Waals surface area contributed by atoms with E-state index >= 15 is 0 Å². The Hall–Kier alpha value is -2.74. The molecule has 0 atom stereocenters. The Kier molecular flexibility index (Phi) is 7.57. The second-order valence-corrected chi connectivity index (χ2v) is 9.04. The zero-order valence-electron chi connectivity index (χ0n) is 16.2. The molecule has 0 aliphatic carbocycles. The van der Waals surface area contributed by atoms with E-state index in [-0.39, 0.29) is 30.4 Å². The molecule has 156 valence electrons. The van der Waals surface area contributed by atoms with Crippen molar-refractivity contribution in [3.63, 3.8) is 0 Å². The van der Waals surface area contributed by atoms with Gasteiger partial charge in [-0.1, -0.05) is 48.0 Å². The van der Waals surface area contributed by atoms with Gasteiger partial charge in [0.2, 0.25) is 15.9 Å². The fraction of sp³-hybridized carbons (Fsp3) is 0.182. The molecule has 1 heterocycles. The summed E-state index contributed by atoms with van der Waals surface area (Å²) in [4.78, 5) is 16.6. The minimum absolute atomic E-state index is 0.0972. The van der Waals surface area contributed by atoms with Crippen LogP contribution in [0.1, 0.15) is 11.1 Å². The molecule has 6 nitrogen and oxygen atoms in total. The topological polar surface area (TPSA) is 79.4 Å². The molecule has 1 aromatic heterocycles. The first-order valence-electron chi connectivity index (χ1n) is 9.40. The number of nitrogens with one attached hydrogen (secondary N) is 1. The van der Waals surface area contributed by atoms with Gasteiger partial charge in [-0.05, 0) is 47.9 Å². The smallest absolute Gasteiger partial charge is 0.243 e. The van der Waals surface area contributed by atoms with Crippen LogP contribution in [0.4, 0.5) is 0 Å². The monoisotopic (exact) mass is 443 g/mol. The Balaban J connectivity index is 1.74. The summed E-state index contributed by atoms with van der Waals surface area (Å²) in [6.07, 6.45) is 3.79. The lowest BCUT2D eigenvalue weighted by molar-refractivity contribution is -0.121. The molecule has 3 aromatic rings. The Labute approximate surface area is 181 Å². The van der Waals surface area contributed by atoms with Gasteiger partial charge in [0.05, 0.1) is 11.4 Å². The zero-order valence-corrected chi connectivity index (χ0v) is 17.8. The highest BCUT2D eigenvalue weighted by Crippen LogP contribution is 2.19. The first kappa shape index (κ1) is 22.0. The predicted octanol–water partition coefficient (Wildman–Crippen LogP) is 3.28. The quantitative estimate of drug-likeness (QED) is 0.550. The number of benzene rings is 2. The molecule has 0 bridgehead atoms. The third kappa shape index (κ3) is 6.13. The van der Waals surface area contributed by atoms with Crippen LogP contribution in [0.2, 0.25) is 5.02 Å². The summed E-state index contributed by atoms with van der Waals surface area (Å²) in [7, 11) is -3.86. The van der Waals surface area contributed by atoms with Crippen LogP contribution in [-0.4, -0.2) is 36.7 Å². The van der Waals surface area contributed by atoms with Crippen LogP contribution in [0.15, 0.2) is 84.0 Å². The second-order valence-electron chi connectivity index (χ2n) is 6.67. The van der Waals surface area contributed by atoms with E-state index in [2.05, 4.69) is 10.3 Å². The molecule has 0 saturated carbocycles. The van der Waals surface area contributed by atoms with Crippen LogP contribution in [0, 0.1) is 0 Å². The largest absolute Gasteiger partial charge is 0.351 e. The van der Waals surface area contributed by atoms with Gasteiger partial charge in [-0.15, -0.1) is 0 Å². The lowest BCUT2D eigenvalue weighted by Gasteiger charge is -2.22. The second kappa shape index (κ2) is 10.3. The van der Waals surface area contributed by atoms with E-state index in [1.807, 2.05) is 36.4 Å². The standard InChI is InChI=1S/C22H22ClN3O3S/c23-20-8-10-21(11-9-20)30(28,29)26(14-12-18-5-2-1-3-6-18)17-22(27)25-16-19-7-4-13-24-15-19/h1-11,13,15H,12,14,16-17H2,(H,25,27). The van der Waals surface area contributed by atoms with Crippen LogP contribution in [-0.2, 0) is 27.8 Å². The van der Waals surface area contributed by atoms with Crippen molar-refractivity contribution in [2.75, 3.05) is 13.1 Å². The Morgan fingerprint density at radius 1 is 0.967 bits per heavy atom. The Bertz CT molecular complexity index is 1060. The third-order valence-corrected chi connectivity index (χ3v) is 6.59. The van der Waals surface area contributed by atoms with Crippen molar-refractivity contribution in [3.8, 4) is 0 Å². The number of rotatable bonds is 9. The van der Waals surface area contributed by atoms with Gasteiger partial charge in [-0.2, -0.15) is 4.31 Å². The number of amides is 1. The van der Waals surface area contributed by atoms with Crippen LogP contribution in [0.3, 0.4) is 0 Å². The molecule has 1 N–H and O–H groups in total. The highest BCUT2D eigenvalue weighted by molar-refractivity contribution is 7.89. The predicted molar refractivity (Wildman–Crippen MR) is 116 cm³/mol. The van der Waals surface area contributed by atoms with Crippen LogP contribution < -0.4 is 5.32 Å². The van der Waals surface area contributed by atoms with Gasteiger partial charge >= 0.3 is 0 Å². The fourth-order valence-electron chi connectivity index (χ4n) is 2.86. The summed E-state index contributed by atoms with van der Waals surface area (Å²) >= 11 is 5.89. The van der Waals surface area contributed by atoms with Crippen molar-refractivity contribution >= 4 is 27.5 Å².